The maximum atomic E-state index is 13.0. The highest BCUT2D eigenvalue weighted by Crippen LogP contribution is 2.54. The molecule has 0 aromatic heterocycles. The molecule has 3 rings (SSSR count). The first-order chi connectivity index (χ1) is 13.3. The Bertz CT molecular complexity index is 680. The maximum absolute atomic E-state index is 13.0. The van der Waals surface area contributed by atoms with Gasteiger partial charge < -0.3 is 0 Å². The van der Waals surface area contributed by atoms with Gasteiger partial charge in [0.05, 0.1) is 0 Å². The molecule has 0 amide bonds. The highest BCUT2D eigenvalue weighted by Gasteiger charge is 2.54. The zero-order valence-electron chi connectivity index (χ0n) is 17.6. The van der Waals surface area contributed by atoms with Gasteiger partial charge >= 0.3 is 16.1 Å². The van der Waals surface area contributed by atoms with Gasteiger partial charge in [-0.2, -0.15) is 0 Å². The Hall–Kier alpha value is -0.980. The first kappa shape index (κ1) is 21.7. The van der Waals surface area contributed by atoms with E-state index in [4.69, 9.17) is 9.05 Å². The number of benzene rings is 1. The van der Waals surface area contributed by atoms with Crippen molar-refractivity contribution in [1.29, 1.82) is 0 Å². The van der Waals surface area contributed by atoms with Gasteiger partial charge in [-0.1, -0.05) is 32.8 Å². The molecule has 6 heteroatoms. The van der Waals surface area contributed by atoms with Crippen LogP contribution in [0.1, 0.15) is 79.1 Å². The van der Waals surface area contributed by atoms with Crippen LogP contribution in [0, 0.1) is 11.8 Å². The number of rotatable bonds is 6. The predicted octanol–water partition coefficient (Wildman–Crippen LogP) is 7.87. The lowest BCUT2D eigenvalue weighted by molar-refractivity contribution is 0.282. The molecule has 0 aliphatic heterocycles. The van der Waals surface area contributed by atoms with E-state index in [0.29, 0.717) is 23.3 Å². The van der Waals surface area contributed by atoms with E-state index in [1.165, 1.54) is 12.8 Å². The summed E-state index contributed by atoms with van der Waals surface area (Å²) in [6, 6.07) is 7.15. The van der Waals surface area contributed by atoms with Crippen molar-refractivity contribution in [2.24, 2.45) is 11.8 Å². The van der Waals surface area contributed by atoms with E-state index in [1.54, 1.807) is 18.2 Å². The summed E-state index contributed by atoms with van der Waals surface area (Å²) in [7, 11) is -3.67. The van der Waals surface area contributed by atoms with Crippen molar-refractivity contribution in [2.75, 3.05) is 0 Å². The van der Waals surface area contributed by atoms with Gasteiger partial charge in [-0.3, -0.25) is 9.05 Å². The summed E-state index contributed by atoms with van der Waals surface area (Å²) in [6.45, 7) is 8.51. The Kier molecular flexibility index (Phi) is 6.83. The minimum atomic E-state index is -1.84. The van der Waals surface area contributed by atoms with Crippen molar-refractivity contribution >= 4 is 16.1 Å². The van der Waals surface area contributed by atoms with E-state index in [-0.39, 0.29) is 10.3 Å². The first-order valence-corrected chi connectivity index (χ1v) is 13.0. The highest BCUT2D eigenvalue weighted by molar-refractivity contribution is 7.41. The molecule has 0 N–H and O–H groups in total. The molecule has 2 aliphatic carbocycles. The van der Waals surface area contributed by atoms with Crippen LogP contribution in [-0.2, 0) is 9.13 Å². The van der Waals surface area contributed by atoms with Gasteiger partial charge in [0.2, 0.25) is 10.3 Å². The second-order valence-electron chi connectivity index (χ2n) is 9.18. The van der Waals surface area contributed by atoms with Crippen molar-refractivity contribution in [3.63, 3.8) is 0 Å². The minimum Gasteiger partial charge on any atom is -0.254 e. The standard InChI is InChI=1S/C22H34O4P2/c1-17-10-5-7-14-21(17,3)27(23)25-19-12-9-13-20(16-19)26-28(24)22(4)15-8-6-11-18(22)2/h9,12-13,16-18H,5-8,10-11,14-15H2,1-4H3/q+2. The lowest BCUT2D eigenvalue weighted by atomic mass is 9.81. The molecule has 1 aromatic rings. The Morgan fingerprint density at radius 2 is 1.25 bits per heavy atom. The second kappa shape index (κ2) is 8.80. The molecule has 2 aliphatic rings. The van der Waals surface area contributed by atoms with E-state index in [1.807, 2.05) is 6.07 Å². The SMILES string of the molecule is CC1CCCCC1(C)[P+](=O)Oc1cccc(O[P+](=O)C2(C)CCCCC2C)c1. The zero-order valence-corrected chi connectivity index (χ0v) is 19.4. The van der Waals surface area contributed by atoms with Crippen LogP contribution in [0.2, 0.25) is 0 Å². The van der Waals surface area contributed by atoms with E-state index in [2.05, 4.69) is 27.7 Å². The van der Waals surface area contributed by atoms with Crippen molar-refractivity contribution in [3.8, 4) is 11.5 Å². The lowest BCUT2D eigenvalue weighted by Crippen LogP contribution is -2.33. The Morgan fingerprint density at radius 3 is 1.64 bits per heavy atom. The molecule has 0 heterocycles. The monoisotopic (exact) mass is 424 g/mol. The van der Waals surface area contributed by atoms with Crippen LogP contribution >= 0.6 is 16.1 Å². The summed E-state index contributed by atoms with van der Waals surface area (Å²) >= 11 is 0. The van der Waals surface area contributed by atoms with Gasteiger partial charge in [-0.15, -0.1) is 0 Å². The van der Waals surface area contributed by atoms with Crippen molar-refractivity contribution in [3.05, 3.63) is 24.3 Å². The van der Waals surface area contributed by atoms with Crippen LogP contribution < -0.4 is 9.05 Å². The summed E-state index contributed by atoms with van der Waals surface area (Å²) < 4.78 is 37.8. The largest absolute Gasteiger partial charge is 0.562 e. The van der Waals surface area contributed by atoms with Gasteiger partial charge in [0.15, 0.2) is 11.5 Å². The smallest absolute Gasteiger partial charge is 0.254 e. The second-order valence-corrected chi connectivity index (χ2v) is 12.6. The third-order valence-electron chi connectivity index (χ3n) is 7.28. The van der Waals surface area contributed by atoms with Gasteiger partial charge in [0.25, 0.3) is 0 Å². The summed E-state index contributed by atoms with van der Waals surface area (Å²) in [4.78, 5) is 0. The van der Waals surface area contributed by atoms with E-state index in [9.17, 15) is 9.13 Å². The zero-order chi connectivity index (χ0) is 20.4. The fourth-order valence-corrected chi connectivity index (χ4v) is 7.20. The molecule has 0 bridgehead atoms. The number of hydrogen-bond acceptors (Lipinski definition) is 4. The van der Waals surface area contributed by atoms with Crippen LogP contribution in [0.15, 0.2) is 24.3 Å². The summed E-state index contributed by atoms with van der Waals surface area (Å²) in [5.74, 6) is 1.82. The lowest BCUT2D eigenvalue weighted by Gasteiger charge is -2.29. The normalized spacial score (nSPS) is 34.4. The molecular weight excluding hydrogens is 390 g/mol. The summed E-state index contributed by atoms with van der Waals surface area (Å²) in [5, 5.41) is -0.582. The van der Waals surface area contributed by atoms with Crippen LogP contribution in [-0.4, -0.2) is 10.3 Å². The average molecular weight is 424 g/mol. The molecule has 154 valence electrons. The van der Waals surface area contributed by atoms with Crippen LogP contribution in [0.5, 0.6) is 11.5 Å². The fraction of sp³-hybridized carbons (Fsp3) is 0.727. The minimum absolute atomic E-state index is 0.291. The van der Waals surface area contributed by atoms with Crippen molar-refractivity contribution in [2.45, 2.75) is 89.4 Å². The summed E-state index contributed by atoms with van der Waals surface area (Å²) in [5.41, 5.74) is 0. The van der Waals surface area contributed by atoms with Gasteiger partial charge in [-0.25, -0.2) is 0 Å². The quantitative estimate of drug-likeness (QED) is 0.436. The van der Waals surface area contributed by atoms with Crippen LogP contribution in [0.25, 0.3) is 0 Å². The molecule has 1 aromatic carbocycles. The van der Waals surface area contributed by atoms with Crippen molar-refractivity contribution < 1.29 is 18.2 Å². The molecule has 0 radical (unpaired) electrons. The topological polar surface area (TPSA) is 52.6 Å². The average Bonchev–Trinajstić information content (AvgIpc) is 2.67. The van der Waals surface area contributed by atoms with Crippen molar-refractivity contribution in [1.82, 2.24) is 0 Å². The third-order valence-corrected chi connectivity index (χ3v) is 11.0. The van der Waals surface area contributed by atoms with Gasteiger partial charge in [0.1, 0.15) is 0 Å². The van der Waals surface area contributed by atoms with Gasteiger partial charge in [0, 0.05) is 30.7 Å². The van der Waals surface area contributed by atoms with Crippen LogP contribution in [0.4, 0.5) is 0 Å². The Labute approximate surface area is 171 Å². The molecule has 28 heavy (non-hydrogen) atoms. The fourth-order valence-electron chi connectivity index (χ4n) is 4.51. The van der Waals surface area contributed by atoms with E-state index >= 15 is 0 Å². The predicted molar refractivity (Wildman–Crippen MR) is 115 cm³/mol. The van der Waals surface area contributed by atoms with E-state index < -0.39 is 16.1 Å². The molecule has 4 nitrogen and oxygen atoms in total. The molecule has 0 spiro atoms. The molecular formula is C22H34O4P2+2. The highest BCUT2D eigenvalue weighted by atomic mass is 31.1. The molecule has 6 unspecified atom stereocenters. The Morgan fingerprint density at radius 1 is 0.821 bits per heavy atom. The van der Waals surface area contributed by atoms with Gasteiger partial charge in [-0.05, 0) is 60.8 Å². The third kappa shape index (κ3) is 4.44. The number of hydrogen-bond donors (Lipinski definition) is 0. The first-order valence-electron chi connectivity index (χ1n) is 10.7. The maximum Gasteiger partial charge on any atom is 0.562 e. The Balaban J connectivity index is 1.68. The molecule has 6 atom stereocenters. The summed E-state index contributed by atoms with van der Waals surface area (Å²) in [6.07, 6.45) is 8.67. The molecule has 2 fully saturated rings. The molecule has 0 saturated heterocycles. The molecule has 2 saturated carbocycles. The van der Waals surface area contributed by atoms with Crippen LogP contribution in [0.3, 0.4) is 0 Å². The van der Waals surface area contributed by atoms with E-state index in [0.717, 1.165) is 38.5 Å².